The Morgan fingerprint density at radius 3 is 2.30 bits per heavy atom. The quantitative estimate of drug-likeness (QED) is 0.417. The van der Waals surface area contributed by atoms with Crippen LogP contribution in [0.1, 0.15) is 10.4 Å². The van der Waals surface area contributed by atoms with Crippen molar-refractivity contribution in [1.29, 1.82) is 0 Å². The molecule has 0 atom stereocenters. The predicted octanol–water partition coefficient (Wildman–Crippen LogP) is 3.03. The minimum Gasteiger partial charge on any atom is -0.493 e. The maximum absolute atomic E-state index is 12.8. The number of hydrogen-bond acceptors (Lipinski definition) is 8. The van der Waals surface area contributed by atoms with Crippen LogP contribution in [0.2, 0.25) is 0 Å². The zero-order chi connectivity index (χ0) is 23.4. The molecule has 10 heteroatoms. The molecule has 0 unspecified atom stereocenters. The van der Waals surface area contributed by atoms with Gasteiger partial charge in [-0.1, -0.05) is 12.1 Å². The molecule has 2 heterocycles. The van der Waals surface area contributed by atoms with E-state index in [4.69, 9.17) is 9.47 Å². The maximum Gasteiger partial charge on any atom is 0.282 e. The molecule has 3 aromatic rings. The van der Waals surface area contributed by atoms with Crippen molar-refractivity contribution in [1.82, 2.24) is 15.1 Å². The van der Waals surface area contributed by atoms with Gasteiger partial charge in [-0.05, 0) is 36.4 Å². The molecule has 0 aliphatic carbocycles. The highest BCUT2D eigenvalue weighted by Gasteiger charge is 2.27. The molecule has 0 saturated carbocycles. The Bertz CT molecular complexity index is 1160. The van der Waals surface area contributed by atoms with Crippen molar-refractivity contribution in [2.75, 3.05) is 45.3 Å². The van der Waals surface area contributed by atoms with Crippen LogP contribution in [0, 0.1) is 10.1 Å². The Morgan fingerprint density at radius 2 is 1.67 bits per heavy atom. The lowest BCUT2D eigenvalue weighted by Gasteiger charge is -2.35. The highest BCUT2D eigenvalue weighted by molar-refractivity contribution is 5.98. The molecule has 33 heavy (non-hydrogen) atoms. The molecule has 0 radical (unpaired) electrons. The van der Waals surface area contributed by atoms with E-state index in [1.54, 1.807) is 31.3 Å². The van der Waals surface area contributed by atoms with E-state index in [9.17, 15) is 14.9 Å². The number of methoxy groups -OCH3 is 2. The predicted molar refractivity (Wildman–Crippen MR) is 122 cm³/mol. The van der Waals surface area contributed by atoms with Gasteiger partial charge in [-0.2, -0.15) is 0 Å². The lowest BCUT2D eigenvalue weighted by atomic mass is 10.1. The average molecular weight is 449 g/mol. The van der Waals surface area contributed by atoms with E-state index in [0.717, 1.165) is 5.56 Å². The normalized spacial score (nSPS) is 13.5. The molecule has 0 N–H and O–H groups in total. The Morgan fingerprint density at radius 1 is 0.939 bits per heavy atom. The summed E-state index contributed by atoms with van der Waals surface area (Å²) in [7, 11) is 3.16. The fourth-order valence-corrected chi connectivity index (χ4v) is 3.77. The van der Waals surface area contributed by atoms with Gasteiger partial charge in [0.2, 0.25) is 0 Å². The molecule has 10 nitrogen and oxygen atoms in total. The first-order chi connectivity index (χ1) is 16.0. The van der Waals surface area contributed by atoms with E-state index >= 15 is 0 Å². The molecule has 1 aliphatic heterocycles. The van der Waals surface area contributed by atoms with E-state index in [-0.39, 0.29) is 17.2 Å². The van der Waals surface area contributed by atoms with Crippen molar-refractivity contribution in [2.24, 2.45) is 0 Å². The summed E-state index contributed by atoms with van der Waals surface area (Å²) in [6.45, 7) is 1.97. The molecule has 1 aromatic heterocycles. The van der Waals surface area contributed by atoms with Gasteiger partial charge >= 0.3 is 0 Å². The zero-order valence-corrected chi connectivity index (χ0v) is 18.3. The number of rotatable bonds is 6. The van der Waals surface area contributed by atoms with Crippen LogP contribution in [0.25, 0.3) is 11.3 Å². The van der Waals surface area contributed by atoms with Crippen molar-refractivity contribution in [3.8, 4) is 22.8 Å². The molecule has 170 valence electrons. The van der Waals surface area contributed by atoms with Crippen LogP contribution in [0.3, 0.4) is 0 Å². The number of nitrogens with zero attached hydrogens (tertiary/aromatic N) is 5. The Kier molecular flexibility index (Phi) is 6.34. The van der Waals surface area contributed by atoms with Crippen molar-refractivity contribution in [2.45, 2.75) is 0 Å². The molecule has 0 bridgehead atoms. The second-order valence-corrected chi connectivity index (χ2v) is 7.40. The molecule has 4 rings (SSSR count). The maximum atomic E-state index is 12.8. The van der Waals surface area contributed by atoms with Crippen molar-refractivity contribution in [3.05, 3.63) is 70.3 Å². The van der Waals surface area contributed by atoms with Crippen LogP contribution in [-0.2, 0) is 0 Å². The lowest BCUT2D eigenvalue weighted by molar-refractivity contribution is -0.385. The Hall–Kier alpha value is -4.21. The standard InChI is InChI=1S/C23H23N5O5/c1-32-20-9-7-16(15-21(20)33-2)18-8-10-22(25-24-18)26-11-13-27(14-12-26)23(29)17-5-3-4-6-19(17)28(30)31/h3-10,15H,11-14H2,1-2H3. The number of amides is 1. The number of carbonyl (C=O) groups is 1. The van der Waals surface area contributed by atoms with Crippen LogP contribution in [0.5, 0.6) is 11.5 Å². The van der Waals surface area contributed by atoms with Gasteiger partial charge in [-0.3, -0.25) is 14.9 Å². The minimum atomic E-state index is -0.529. The SMILES string of the molecule is COc1ccc(-c2ccc(N3CCN(C(=O)c4ccccc4[N+](=O)[O-])CC3)nn2)cc1OC. The zero-order valence-electron chi connectivity index (χ0n) is 18.3. The van der Waals surface area contributed by atoms with Gasteiger partial charge in [0.15, 0.2) is 17.3 Å². The molecular formula is C23H23N5O5. The van der Waals surface area contributed by atoms with Gasteiger partial charge in [0.05, 0.1) is 24.8 Å². The van der Waals surface area contributed by atoms with Gasteiger partial charge in [-0.15, -0.1) is 10.2 Å². The van der Waals surface area contributed by atoms with Crippen LogP contribution in [0.15, 0.2) is 54.6 Å². The molecule has 1 fully saturated rings. The number of anilines is 1. The van der Waals surface area contributed by atoms with E-state index in [1.807, 2.05) is 35.2 Å². The van der Waals surface area contributed by atoms with Gasteiger partial charge in [-0.25, -0.2) is 0 Å². The monoisotopic (exact) mass is 449 g/mol. The third kappa shape index (κ3) is 4.54. The molecule has 1 aliphatic rings. The summed E-state index contributed by atoms with van der Waals surface area (Å²) in [6, 6.07) is 15.3. The summed E-state index contributed by atoms with van der Waals surface area (Å²) in [5.74, 6) is 1.62. The summed E-state index contributed by atoms with van der Waals surface area (Å²) < 4.78 is 10.6. The van der Waals surface area contributed by atoms with Crippen LogP contribution < -0.4 is 14.4 Å². The van der Waals surface area contributed by atoms with E-state index in [2.05, 4.69) is 10.2 Å². The largest absolute Gasteiger partial charge is 0.493 e. The van der Waals surface area contributed by atoms with Crippen LogP contribution in [-0.4, -0.2) is 66.3 Å². The number of aromatic nitrogens is 2. The van der Waals surface area contributed by atoms with E-state index < -0.39 is 4.92 Å². The van der Waals surface area contributed by atoms with Crippen LogP contribution >= 0.6 is 0 Å². The number of nitro benzene ring substituents is 1. The van der Waals surface area contributed by atoms with Crippen molar-refractivity contribution >= 4 is 17.4 Å². The number of ether oxygens (including phenoxy) is 2. The third-order valence-electron chi connectivity index (χ3n) is 5.55. The van der Waals surface area contributed by atoms with E-state index in [1.165, 1.54) is 12.1 Å². The summed E-state index contributed by atoms with van der Waals surface area (Å²) in [6.07, 6.45) is 0. The second kappa shape index (κ2) is 9.51. The highest BCUT2D eigenvalue weighted by Crippen LogP contribution is 2.31. The first-order valence-electron chi connectivity index (χ1n) is 10.4. The summed E-state index contributed by atoms with van der Waals surface area (Å²) in [4.78, 5) is 27.2. The fourth-order valence-electron chi connectivity index (χ4n) is 3.77. The van der Waals surface area contributed by atoms with Gasteiger partial charge in [0, 0.05) is 37.8 Å². The number of hydrogen-bond donors (Lipinski definition) is 0. The Balaban J connectivity index is 1.43. The number of nitro groups is 1. The topological polar surface area (TPSA) is 111 Å². The van der Waals surface area contributed by atoms with Crippen LogP contribution in [0.4, 0.5) is 11.5 Å². The van der Waals surface area contributed by atoms with Gasteiger partial charge in [0.25, 0.3) is 11.6 Å². The Labute approximate surface area is 190 Å². The smallest absolute Gasteiger partial charge is 0.282 e. The van der Waals surface area contributed by atoms with Gasteiger partial charge < -0.3 is 19.3 Å². The number of benzene rings is 2. The van der Waals surface area contributed by atoms with Crippen molar-refractivity contribution < 1.29 is 19.2 Å². The number of para-hydroxylation sites is 1. The molecular weight excluding hydrogens is 426 g/mol. The lowest BCUT2D eigenvalue weighted by Crippen LogP contribution is -2.49. The van der Waals surface area contributed by atoms with Crippen molar-refractivity contribution in [3.63, 3.8) is 0 Å². The number of carbonyl (C=O) groups excluding carboxylic acids is 1. The number of piperazine rings is 1. The first kappa shape index (κ1) is 22.0. The fraction of sp³-hybridized carbons (Fsp3) is 0.261. The van der Waals surface area contributed by atoms with Gasteiger partial charge in [0.1, 0.15) is 5.56 Å². The summed E-state index contributed by atoms with van der Waals surface area (Å²) >= 11 is 0. The molecule has 1 amide bonds. The molecule has 2 aromatic carbocycles. The first-order valence-corrected chi connectivity index (χ1v) is 10.4. The molecule has 1 saturated heterocycles. The van der Waals surface area contributed by atoms with E-state index in [0.29, 0.717) is 49.2 Å². The summed E-state index contributed by atoms with van der Waals surface area (Å²) in [5, 5.41) is 19.9. The average Bonchev–Trinajstić information content (AvgIpc) is 2.88. The molecule has 0 spiro atoms. The minimum absolute atomic E-state index is 0.106. The highest BCUT2D eigenvalue weighted by atomic mass is 16.6. The third-order valence-corrected chi connectivity index (χ3v) is 5.55. The second-order valence-electron chi connectivity index (χ2n) is 7.40. The summed E-state index contributed by atoms with van der Waals surface area (Å²) in [5.41, 5.74) is 1.48.